The molecule has 0 amide bonds. The maximum Gasteiger partial charge on any atom is 0.160 e. The van der Waals surface area contributed by atoms with Crippen LogP contribution in [-0.2, 0) is 12.9 Å². The summed E-state index contributed by atoms with van der Waals surface area (Å²) in [6.07, 6.45) is 0. The maximum absolute atomic E-state index is 13.3. The smallest absolute Gasteiger partial charge is 0.160 e. The minimum atomic E-state index is -0.310. The van der Waals surface area contributed by atoms with Crippen LogP contribution in [-0.4, -0.2) is 19.3 Å². The zero-order valence-corrected chi connectivity index (χ0v) is 11.3. The molecule has 4 nitrogen and oxygen atoms in total. The molecule has 0 saturated carbocycles. The first-order valence-electron chi connectivity index (χ1n) is 5.84. The molecule has 3 rings (SSSR count). The minimum Gasteiger partial charge on any atom is -0.278 e. The molecule has 6 heteroatoms. The lowest BCUT2D eigenvalue weighted by Crippen LogP contribution is -2.01. The number of nitrogens with zero attached hydrogens (tertiary/aromatic N) is 4. The summed E-state index contributed by atoms with van der Waals surface area (Å²) < 4.78 is 16.9. The van der Waals surface area contributed by atoms with Gasteiger partial charge in [-0.15, -0.1) is 11.6 Å². The fourth-order valence-electron chi connectivity index (χ4n) is 2.10. The lowest BCUT2D eigenvalue weighted by molar-refractivity contribution is 0.629. The SMILES string of the molecule is Cc1cc(-n2c(CCl)nc3cc(F)ccc32)nn1C. The Morgan fingerprint density at radius 2 is 2.11 bits per heavy atom. The molecule has 0 fully saturated rings. The Labute approximate surface area is 114 Å². The van der Waals surface area contributed by atoms with Crippen LogP contribution in [0.25, 0.3) is 16.9 Å². The number of hydrogen-bond acceptors (Lipinski definition) is 2. The molecular weight excluding hydrogens is 267 g/mol. The van der Waals surface area contributed by atoms with E-state index in [2.05, 4.69) is 10.1 Å². The van der Waals surface area contributed by atoms with Crippen molar-refractivity contribution in [1.82, 2.24) is 19.3 Å². The highest BCUT2D eigenvalue weighted by Crippen LogP contribution is 2.23. The van der Waals surface area contributed by atoms with Gasteiger partial charge in [-0.05, 0) is 19.1 Å². The molecule has 0 N–H and O–H groups in total. The summed E-state index contributed by atoms with van der Waals surface area (Å²) in [7, 11) is 1.87. The van der Waals surface area contributed by atoms with Gasteiger partial charge in [0.05, 0.1) is 16.9 Å². The first kappa shape index (κ1) is 12.2. The van der Waals surface area contributed by atoms with Crippen molar-refractivity contribution in [3.05, 3.63) is 41.6 Å². The second-order valence-corrected chi connectivity index (χ2v) is 4.66. The van der Waals surface area contributed by atoms with Gasteiger partial charge in [-0.1, -0.05) is 0 Å². The van der Waals surface area contributed by atoms with E-state index in [0.717, 1.165) is 17.0 Å². The van der Waals surface area contributed by atoms with Crippen LogP contribution >= 0.6 is 11.6 Å². The van der Waals surface area contributed by atoms with E-state index in [9.17, 15) is 4.39 Å². The molecule has 19 heavy (non-hydrogen) atoms. The van der Waals surface area contributed by atoms with Gasteiger partial charge in [-0.3, -0.25) is 9.25 Å². The molecule has 2 heterocycles. The maximum atomic E-state index is 13.3. The molecular formula is C13H12ClFN4. The fourth-order valence-corrected chi connectivity index (χ4v) is 2.28. The number of aryl methyl sites for hydroxylation is 2. The first-order chi connectivity index (χ1) is 9.10. The quantitative estimate of drug-likeness (QED) is 0.676. The molecule has 0 aliphatic heterocycles. The van der Waals surface area contributed by atoms with E-state index in [1.54, 1.807) is 10.7 Å². The Bertz CT molecular complexity index is 740. The molecule has 2 aromatic heterocycles. The molecule has 0 spiro atoms. The monoisotopic (exact) mass is 278 g/mol. The van der Waals surface area contributed by atoms with Gasteiger partial charge in [-0.2, -0.15) is 5.10 Å². The zero-order chi connectivity index (χ0) is 13.6. The minimum absolute atomic E-state index is 0.242. The average Bonchev–Trinajstić information content (AvgIpc) is 2.89. The summed E-state index contributed by atoms with van der Waals surface area (Å²) in [5.74, 6) is 1.33. The zero-order valence-electron chi connectivity index (χ0n) is 10.6. The number of alkyl halides is 1. The summed E-state index contributed by atoms with van der Waals surface area (Å²) >= 11 is 5.93. The lowest BCUT2D eigenvalue weighted by atomic mass is 10.3. The molecule has 0 radical (unpaired) electrons. The van der Waals surface area contributed by atoms with Crippen LogP contribution in [0.3, 0.4) is 0 Å². The third kappa shape index (κ3) is 1.90. The van der Waals surface area contributed by atoms with Gasteiger partial charge in [-0.25, -0.2) is 9.37 Å². The van der Waals surface area contributed by atoms with Crippen LogP contribution in [0.15, 0.2) is 24.3 Å². The highest BCUT2D eigenvalue weighted by Gasteiger charge is 2.14. The van der Waals surface area contributed by atoms with Crippen LogP contribution in [0.2, 0.25) is 0 Å². The number of halogens is 2. The Morgan fingerprint density at radius 3 is 2.74 bits per heavy atom. The molecule has 1 aromatic carbocycles. The van der Waals surface area contributed by atoms with Gasteiger partial charge in [0.25, 0.3) is 0 Å². The Balaban J connectivity index is 2.32. The van der Waals surface area contributed by atoms with Gasteiger partial charge in [0, 0.05) is 24.9 Å². The number of rotatable bonds is 2. The van der Waals surface area contributed by atoms with Crippen LogP contribution in [0.1, 0.15) is 11.5 Å². The summed E-state index contributed by atoms with van der Waals surface area (Å²) in [4.78, 5) is 4.35. The van der Waals surface area contributed by atoms with Crippen LogP contribution in [0, 0.1) is 12.7 Å². The van der Waals surface area contributed by atoms with E-state index in [1.165, 1.54) is 12.1 Å². The van der Waals surface area contributed by atoms with Gasteiger partial charge in [0.2, 0.25) is 0 Å². The van der Waals surface area contributed by atoms with E-state index < -0.39 is 0 Å². The van der Waals surface area contributed by atoms with Crippen LogP contribution in [0.4, 0.5) is 4.39 Å². The lowest BCUT2D eigenvalue weighted by Gasteiger charge is -2.03. The van der Waals surface area contributed by atoms with Crippen molar-refractivity contribution in [2.75, 3.05) is 0 Å². The topological polar surface area (TPSA) is 35.6 Å². The molecule has 0 atom stereocenters. The van der Waals surface area contributed by atoms with Crippen molar-refractivity contribution in [2.24, 2.45) is 7.05 Å². The first-order valence-corrected chi connectivity index (χ1v) is 6.37. The Hall–Kier alpha value is -1.88. The van der Waals surface area contributed by atoms with E-state index in [1.807, 2.05) is 24.6 Å². The number of aromatic nitrogens is 4. The van der Waals surface area contributed by atoms with Crippen molar-refractivity contribution >= 4 is 22.6 Å². The number of benzene rings is 1. The number of hydrogen-bond donors (Lipinski definition) is 0. The van der Waals surface area contributed by atoms with E-state index in [4.69, 9.17) is 11.6 Å². The summed E-state index contributed by atoms with van der Waals surface area (Å²) in [6, 6.07) is 6.45. The number of fused-ring (bicyclic) bond motifs is 1. The fraction of sp³-hybridized carbons (Fsp3) is 0.231. The van der Waals surface area contributed by atoms with E-state index >= 15 is 0 Å². The Morgan fingerprint density at radius 1 is 1.32 bits per heavy atom. The van der Waals surface area contributed by atoms with Crippen molar-refractivity contribution in [3.63, 3.8) is 0 Å². The summed E-state index contributed by atoms with van der Waals surface area (Å²) in [5.41, 5.74) is 2.41. The van der Waals surface area contributed by atoms with Gasteiger partial charge in [0.15, 0.2) is 5.82 Å². The molecule has 98 valence electrons. The molecule has 0 saturated heterocycles. The molecule has 0 aliphatic carbocycles. The normalized spacial score (nSPS) is 11.4. The van der Waals surface area contributed by atoms with Gasteiger partial charge >= 0.3 is 0 Å². The highest BCUT2D eigenvalue weighted by molar-refractivity contribution is 6.17. The average molecular weight is 279 g/mol. The third-order valence-electron chi connectivity index (χ3n) is 3.14. The molecule has 0 aliphatic rings. The summed E-state index contributed by atoms with van der Waals surface area (Å²) in [6.45, 7) is 1.97. The predicted molar refractivity (Wildman–Crippen MR) is 72.1 cm³/mol. The van der Waals surface area contributed by atoms with Crippen LogP contribution in [0.5, 0.6) is 0 Å². The van der Waals surface area contributed by atoms with E-state index in [0.29, 0.717) is 11.3 Å². The Kier molecular flexibility index (Phi) is 2.78. The highest BCUT2D eigenvalue weighted by atomic mass is 35.5. The molecule has 0 unspecified atom stereocenters. The number of imidazole rings is 1. The van der Waals surface area contributed by atoms with Gasteiger partial charge < -0.3 is 0 Å². The molecule has 0 bridgehead atoms. The summed E-state index contributed by atoms with van der Waals surface area (Å²) in [5, 5.41) is 4.42. The molecule has 3 aromatic rings. The van der Waals surface area contributed by atoms with Crippen molar-refractivity contribution in [1.29, 1.82) is 0 Å². The van der Waals surface area contributed by atoms with Gasteiger partial charge in [0.1, 0.15) is 11.6 Å². The van der Waals surface area contributed by atoms with E-state index in [-0.39, 0.29) is 11.7 Å². The predicted octanol–water partition coefficient (Wildman–Crippen LogP) is 2.95. The largest absolute Gasteiger partial charge is 0.278 e. The van der Waals surface area contributed by atoms with Crippen molar-refractivity contribution < 1.29 is 4.39 Å². The van der Waals surface area contributed by atoms with Crippen molar-refractivity contribution in [3.8, 4) is 5.82 Å². The van der Waals surface area contributed by atoms with Crippen molar-refractivity contribution in [2.45, 2.75) is 12.8 Å². The third-order valence-corrected chi connectivity index (χ3v) is 3.37. The standard InChI is InChI=1S/C13H12ClFN4/c1-8-5-12(17-18(8)2)19-11-4-3-9(15)6-10(11)16-13(19)7-14/h3-6H,7H2,1-2H3. The van der Waals surface area contributed by atoms with Crippen LogP contribution < -0.4 is 0 Å². The second kappa shape index (κ2) is 4.35. The second-order valence-electron chi connectivity index (χ2n) is 4.40.